The van der Waals surface area contributed by atoms with Crippen molar-refractivity contribution < 1.29 is 9.53 Å². The predicted molar refractivity (Wildman–Crippen MR) is 134 cm³/mol. The average molecular weight is 491 g/mol. The monoisotopic (exact) mass is 490 g/mol. The Kier molecular flexibility index (Phi) is 7.27. The molecule has 0 radical (unpaired) electrons. The van der Waals surface area contributed by atoms with Crippen LogP contribution >= 0.6 is 23.2 Å². The quantitative estimate of drug-likeness (QED) is 0.547. The Hall–Kier alpha value is -2.15. The third-order valence-corrected chi connectivity index (χ3v) is 8.00. The fourth-order valence-corrected chi connectivity index (χ4v) is 5.72. The largest absolute Gasteiger partial charge is 0.495 e. The number of nitrogens with one attached hydrogen (secondary N) is 1. The lowest BCUT2D eigenvalue weighted by Gasteiger charge is -2.40. The molecular formula is C25H32Cl2N4O2. The van der Waals surface area contributed by atoms with E-state index in [1.807, 2.05) is 31.0 Å². The molecule has 1 saturated heterocycles. The molecule has 6 nitrogen and oxygen atoms in total. The van der Waals surface area contributed by atoms with Crippen LogP contribution in [0.25, 0.3) is 0 Å². The average Bonchev–Trinajstić information content (AvgIpc) is 3.23. The number of rotatable bonds is 5. The lowest BCUT2D eigenvalue weighted by Crippen LogP contribution is -2.49. The van der Waals surface area contributed by atoms with Crippen LogP contribution in [0, 0.1) is 0 Å². The molecule has 1 unspecified atom stereocenters. The van der Waals surface area contributed by atoms with Gasteiger partial charge in [0.15, 0.2) is 0 Å². The summed E-state index contributed by atoms with van der Waals surface area (Å²) < 4.78 is 5.21. The molecule has 1 aliphatic carbocycles. The van der Waals surface area contributed by atoms with E-state index in [2.05, 4.69) is 22.3 Å². The van der Waals surface area contributed by atoms with Crippen LogP contribution in [0.3, 0.4) is 0 Å². The highest BCUT2D eigenvalue weighted by atomic mass is 35.5. The Morgan fingerprint density at radius 3 is 2.61 bits per heavy atom. The second-order valence-electron chi connectivity index (χ2n) is 9.05. The van der Waals surface area contributed by atoms with E-state index in [4.69, 9.17) is 33.7 Å². The van der Waals surface area contributed by atoms with E-state index in [-0.39, 0.29) is 18.1 Å². The summed E-state index contributed by atoms with van der Waals surface area (Å²) in [4.78, 5) is 17.4. The molecule has 2 aliphatic rings. The Labute approximate surface area is 206 Å². The highest BCUT2D eigenvalue weighted by Gasteiger charge is 2.33. The van der Waals surface area contributed by atoms with E-state index in [1.165, 1.54) is 11.1 Å². The number of anilines is 1. The number of hydrogen-bond donors (Lipinski definition) is 2. The van der Waals surface area contributed by atoms with Gasteiger partial charge < -0.3 is 20.7 Å². The lowest BCUT2D eigenvalue weighted by molar-refractivity contribution is 0.105. The van der Waals surface area contributed by atoms with Crippen molar-refractivity contribution >= 4 is 34.9 Å². The SMILES string of the molecule is COc1ccc([C@H](C)NC(=O)N(C)C2CCN(C3CCc4cc(N)ccc43)CC2)c(Cl)c1Cl. The minimum absolute atomic E-state index is 0.106. The summed E-state index contributed by atoms with van der Waals surface area (Å²) in [5.74, 6) is 0.515. The summed E-state index contributed by atoms with van der Waals surface area (Å²) in [6.07, 6.45) is 4.13. The molecule has 4 rings (SSSR count). The zero-order chi connectivity index (χ0) is 23.7. The number of hydrogen-bond acceptors (Lipinski definition) is 4. The van der Waals surface area contributed by atoms with Crippen LogP contribution in [0.4, 0.5) is 10.5 Å². The fourth-order valence-electron chi connectivity index (χ4n) is 5.15. The number of fused-ring (bicyclic) bond motifs is 1. The van der Waals surface area contributed by atoms with Crippen LogP contribution < -0.4 is 15.8 Å². The first kappa shape index (κ1) is 24.0. The number of nitrogens with two attached hydrogens (primary N) is 1. The van der Waals surface area contributed by atoms with E-state index in [0.29, 0.717) is 21.8 Å². The van der Waals surface area contributed by atoms with E-state index < -0.39 is 0 Å². The first-order valence-electron chi connectivity index (χ1n) is 11.5. The van der Waals surface area contributed by atoms with Crippen LogP contribution in [-0.4, -0.2) is 49.1 Å². The molecule has 33 heavy (non-hydrogen) atoms. The molecule has 0 saturated carbocycles. The van der Waals surface area contributed by atoms with Gasteiger partial charge in [0.2, 0.25) is 0 Å². The van der Waals surface area contributed by atoms with Gasteiger partial charge in [0.25, 0.3) is 0 Å². The summed E-state index contributed by atoms with van der Waals surface area (Å²) in [6, 6.07) is 10.2. The summed E-state index contributed by atoms with van der Waals surface area (Å²) in [6.45, 7) is 3.86. The number of amides is 2. The van der Waals surface area contributed by atoms with Crippen molar-refractivity contribution in [3.05, 3.63) is 57.1 Å². The Morgan fingerprint density at radius 1 is 1.18 bits per heavy atom. The first-order chi connectivity index (χ1) is 15.8. The van der Waals surface area contributed by atoms with Gasteiger partial charge >= 0.3 is 6.03 Å². The molecule has 178 valence electrons. The van der Waals surface area contributed by atoms with E-state index in [0.717, 1.165) is 50.0 Å². The topological polar surface area (TPSA) is 70.8 Å². The molecule has 1 fully saturated rings. The molecule has 0 spiro atoms. The molecule has 2 amide bonds. The number of ether oxygens (including phenoxy) is 1. The smallest absolute Gasteiger partial charge is 0.317 e. The third-order valence-electron chi connectivity index (χ3n) is 7.12. The van der Waals surface area contributed by atoms with Gasteiger partial charge in [0.1, 0.15) is 10.8 Å². The van der Waals surface area contributed by atoms with Crippen LogP contribution in [0.1, 0.15) is 55.0 Å². The van der Waals surface area contributed by atoms with Gasteiger partial charge in [0, 0.05) is 37.9 Å². The minimum Gasteiger partial charge on any atom is -0.495 e. The van der Waals surface area contributed by atoms with Gasteiger partial charge in [-0.1, -0.05) is 35.3 Å². The van der Waals surface area contributed by atoms with E-state index in [1.54, 1.807) is 13.2 Å². The van der Waals surface area contributed by atoms with Crippen molar-refractivity contribution in [3.8, 4) is 5.75 Å². The lowest BCUT2D eigenvalue weighted by atomic mass is 9.99. The van der Waals surface area contributed by atoms with Crippen molar-refractivity contribution in [2.45, 2.75) is 50.7 Å². The Balaban J connectivity index is 1.33. The number of nitrogens with zero attached hydrogens (tertiary/aromatic N) is 2. The second kappa shape index (κ2) is 10.00. The Bertz CT molecular complexity index is 1020. The number of halogens is 2. The number of carbonyl (C=O) groups excluding carboxylic acids is 1. The zero-order valence-electron chi connectivity index (χ0n) is 19.4. The molecule has 2 aromatic rings. The number of benzene rings is 2. The molecule has 1 heterocycles. The molecule has 1 aliphatic heterocycles. The molecule has 2 aromatic carbocycles. The highest BCUT2D eigenvalue weighted by Crippen LogP contribution is 2.39. The number of nitrogen functional groups attached to an aromatic ring is 1. The third kappa shape index (κ3) is 4.88. The van der Waals surface area contributed by atoms with Gasteiger partial charge in [-0.3, -0.25) is 4.90 Å². The highest BCUT2D eigenvalue weighted by molar-refractivity contribution is 6.43. The normalized spacial score (nSPS) is 19.7. The van der Waals surface area contributed by atoms with E-state index in [9.17, 15) is 4.79 Å². The van der Waals surface area contributed by atoms with Gasteiger partial charge in [-0.2, -0.15) is 0 Å². The fraction of sp³-hybridized carbons (Fsp3) is 0.480. The maximum Gasteiger partial charge on any atom is 0.317 e. The number of piperidine rings is 1. The number of aryl methyl sites for hydroxylation is 1. The molecule has 0 bridgehead atoms. The summed E-state index contributed by atoms with van der Waals surface area (Å²) in [7, 11) is 3.42. The zero-order valence-corrected chi connectivity index (χ0v) is 20.9. The maximum atomic E-state index is 13.0. The molecule has 8 heteroatoms. The number of carbonyl (C=O) groups is 1. The number of likely N-dealkylation sites (tertiary alicyclic amines) is 1. The summed E-state index contributed by atoms with van der Waals surface area (Å²) in [5, 5.41) is 3.82. The first-order valence-corrected chi connectivity index (χ1v) is 12.2. The van der Waals surface area contributed by atoms with Crippen molar-refractivity contribution in [1.82, 2.24) is 15.1 Å². The van der Waals surface area contributed by atoms with E-state index >= 15 is 0 Å². The van der Waals surface area contributed by atoms with Crippen LogP contribution in [-0.2, 0) is 6.42 Å². The minimum atomic E-state index is -0.279. The van der Waals surface area contributed by atoms with Crippen molar-refractivity contribution in [2.75, 3.05) is 33.0 Å². The van der Waals surface area contributed by atoms with Crippen molar-refractivity contribution in [2.24, 2.45) is 0 Å². The molecular weight excluding hydrogens is 459 g/mol. The second-order valence-corrected chi connectivity index (χ2v) is 9.80. The Morgan fingerprint density at radius 2 is 1.91 bits per heavy atom. The van der Waals surface area contributed by atoms with Crippen LogP contribution in [0.15, 0.2) is 30.3 Å². The summed E-state index contributed by atoms with van der Waals surface area (Å²) in [5.41, 5.74) is 10.4. The summed E-state index contributed by atoms with van der Waals surface area (Å²) >= 11 is 12.7. The number of urea groups is 1. The maximum absolute atomic E-state index is 13.0. The molecule has 2 atom stereocenters. The van der Waals surface area contributed by atoms with Crippen molar-refractivity contribution in [3.63, 3.8) is 0 Å². The molecule has 0 aromatic heterocycles. The number of methoxy groups -OCH3 is 1. The van der Waals surface area contributed by atoms with Crippen LogP contribution in [0.2, 0.25) is 10.0 Å². The van der Waals surface area contributed by atoms with Gasteiger partial charge in [-0.25, -0.2) is 4.79 Å². The standard InChI is InChI=1S/C25H32Cl2N4O2/c1-15(19-7-9-22(33-3)24(27)23(19)26)29-25(32)30(2)18-10-12-31(13-11-18)21-8-4-16-14-17(28)5-6-20(16)21/h5-7,9,14-15,18,21H,4,8,10-13,28H2,1-3H3,(H,29,32)/t15-,21?/m0/s1. The molecule has 3 N–H and O–H groups in total. The predicted octanol–water partition coefficient (Wildman–Crippen LogP) is 5.44. The van der Waals surface area contributed by atoms with Gasteiger partial charge in [0.05, 0.1) is 18.2 Å². The van der Waals surface area contributed by atoms with Gasteiger partial charge in [-0.05, 0) is 67.5 Å². The van der Waals surface area contributed by atoms with Crippen LogP contribution in [0.5, 0.6) is 5.75 Å². The van der Waals surface area contributed by atoms with Gasteiger partial charge in [-0.15, -0.1) is 0 Å². The van der Waals surface area contributed by atoms with Crippen molar-refractivity contribution in [1.29, 1.82) is 0 Å².